The van der Waals surface area contributed by atoms with Crippen molar-refractivity contribution in [1.82, 2.24) is 0 Å². The van der Waals surface area contributed by atoms with Gasteiger partial charge in [-0.05, 0) is 65.7 Å². The summed E-state index contributed by atoms with van der Waals surface area (Å²) in [6.45, 7) is 3.63. The van der Waals surface area contributed by atoms with Gasteiger partial charge < -0.3 is 19.5 Å². The van der Waals surface area contributed by atoms with Crippen molar-refractivity contribution in [3.8, 4) is 17.6 Å². The molecule has 0 aromatic heterocycles. The van der Waals surface area contributed by atoms with Crippen molar-refractivity contribution in [2.45, 2.75) is 13.8 Å². The monoisotopic (exact) mass is 472 g/mol. The maximum atomic E-state index is 12.5. The van der Waals surface area contributed by atoms with Crippen molar-refractivity contribution in [3.05, 3.63) is 57.6 Å². The quantitative estimate of drug-likeness (QED) is 0.350. The average molecular weight is 473 g/mol. The van der Waals surface area contributed by atoms with E-state index in [0.29, 0.717) is 27.2 Å². The average Bonchev–Trinajstić information content (AvgIpc) is 2.72. The Hall–Kier alpha value is -3.31. The molecule has 30 heavy (non-hydrogen) atoms. The number of benzene rings is 2. The Balaban J connectivity index is 2.24. The zero-order valence-corrected chi connectivity index (χ0v) is 18.4. The Labute approximate surface area is 183 Å². The molecule has 0 aliphatic heterocycles. The van der Waals surface area contributed by atoms with Crippen molar-refractivity contribution in [1.29, 1.82) is 5.26 Å². The number of aryl methyl sites for hydroxylation is 1. The number of methoxy groups -OCH3 is 1. The molecule has 0 saturated heterocycles. The molecule has 0 radical (unpaired) electrons. The van der Waals surface area contributed by atoms with Crippen LogP contribution in [0.15, 0.2) is 46.4 Å². The fourth-order valence-electron chi connectivity index (χ4n) is 2.45. The molecule has 2 aromatic rings. The van der Waals surface area contributed by atoms with Crippen LogP contribution >= 0.6 is 15.9 Å². The molecular formula is C22H21BrN2O5. The maximum Gasteiger partial charge on any atom is 0.344 e. The molecule has 7 nitrogen and oxygen atoms in total. The highest BCUT2D eigenvalue weighted by atomic mass is 79.9. The number of amides is 1. The standard InChI is InChI=1S/C22H21BrN2O5/c1-4-29-20(26)13-30-21-18(23)10-15(11-19(21)28-3)9-16(12-24)22(27)25-17-7-5-14(2)6-8-17/h5-11H,4,13H2,1-3H3,(H,25,27)/b16-9+. The second-order valence-electron chi connectivity index (χ2n) is 6.12. The summed E-state index contributed by atoms with van der Waals surface area (Å²) in [7, 11) is 1.45. The third kappa shape index (κ3) is 6.36. The Kier molecular flexibility index (Phi) is 8.44. The van der Waals surface area contributed by atoms with Crippen molar-refractivity contribution in [2.75, 3.05) is 25.6 Å². The number of nitrogens with one attached hydrogen (secondary N) is 1. The van der Waals surface area contributed by atoms with Gasteiger partial charge in [-0.15, -0.1) is 0 Å². The van der Waals surface area contributed by atoms with Gasteiger partial charge >= 0.3 is 5.97 Å². The number of ether oxygens (including phenoxy) is 3. The molecule has 2 rings (SSSR count). The fraction of sp³-hybridized carbons (Fsp3) is 0.227. The van der Waals surface area contributed by atoms with E-state index in [4.69, 9.17) is 14.2 Å². The molecule has 0 aliphatic rings. The van der Waals surface area contributed by atoms with E-state index in [1.54, 1.807) is 31.2 Å². The number of anilines is 1. The molecule has 2 aromatic carbocycles. The molecular weight excluding hydrogens is 452 g/mol. The number of hydrogen-bond donors (Lipinski definition) is 1. The lowest BCUT2D eigenvalue weighted by Crippen LogP contribution is -2.15. The molecule has 0 fully saturated rings. The van der Waals surface area contributed by atoms with Crippen LogP contribution in [0, 0.1) is 18.3 Å². The van der Waals surface area contributed by atoms with Gasteiger partial charge in [-0.25, -0.2) is 4.79 Å². The van der Waals surface area contributed by atoms with E-state index in [1.807, 2.05) is 25.1 Å². The van der Waals surface area contributed by atoms with Gasteiger partial charge in [0.05, 0.1) is 18.2 Å². The van der Waals surface area contributed by atoms with Crippen LogP contribution in [0.3, 0.4) is 0 Å². The molecule has 8 heteroatoms. The lowest BCUT2D eigenvalue weighted by atomic mass is 10.1. The lowest BCUT2D eigenvalue weighted by Gasteiger charge is -2.13. The predicted molar refractivity (Wildman–Crippen MR) is 116 cm³/mol. The van der Waals surface area contributed by atoms with Gasteiger partial charge in [0.25, 0.3) is 5.91 Å². The number of halogens is 1. The van der Waals surface area contributed by atoms with Crippen LogP contribution in [0.1, 0.15) is 18.1 Å². The van der Waals surface area contributed by atoms with E-state index in [2.05, 4.69) is 21.2 Å². The van der Waals surface area contributed by atoms with Gasteiger partial charge in [-0.3, -0.25) is 4.79 Å². The third-order valence-corrected chi connectivity index (χ3v) is 4.47. The van der Waals surface area contributed by atoms with Gasteiger partial charge in [-0.2, -0.15) is 5.26 Å². The molecule has 0 spiro atoms. The predicted octanol–water partition coefficient (Wildman–Crippen LogP) is 4.25. The van der Waals surface area contributed by atoms with Gasteiger partial charge in [0.1, 0.15) is 11.6 Å². The van der Waals surface area contributed by atoms with Crippen molar-refractivity contribution < 1.29 is 23.8 Å². The minimum absolute atomic E-state index is 0.0790. The second kappa shape index (κ2) is 11.0. The molecule has 0 unspecified atom stereocenters. The Morgan fingerprint density at radius 3 is 2.53 bits per heavy atom. The highest BCUT2D eigenvalue weighted by molar-refractivity contribution is 9.10. The lowest BCUT2D eigenvalue weighted by molar-refractivity contribution is -0.145. The number of carbonyl (C=O) groups excluding carboxylic acids is 2. The normalized spacial score (nSPS) is 10.7. The summed E-state index contributed by atoms with van der Waals surface area (Å²) in [6.07, 6.45) is 1.44. The zero-order valence-electron chi connectivity index (χ0n) is 16.8. The molecule has 156 valence electrons. The second-order valence-corrected chi connectivity index (χ2v) is 6.97. The third-order valence-electron chi connectivity index (χ3n) is 3.88. The largest absolute Gasteiger partial charge is 0.493 e. The van der Waals surface area contributed by atoms with Crippen LogP contribution in [0.2, 0.25) is 0 Å². The Morgan fingerprint density at radius 2 is 1.93 bits per heavy atom. The smallest absolute Gasteiger partial charge is 0.344 e. The summed E-state index contributed by atoms with van der Waals surface area (Å²) >= 11 is 3.37. The van der Waals surface area contributed by atoms with Gasteiger partial charge in [0, 0.05) is 5.69 Å². The van der Waals surface area contributed by atoms with E-state index in [9.17, 15) is 14.9 Å². The van der Waals surface area contributed by atoms with E-state index < -0.39 is 11.9 Å². The summed E-state index contributed by atoms with van der Waals surface area (Å²) in [6, 6.07) is 12.4. The molecule has 0 atom stereocenters. The summed E-state index contributed by atoms with van der Waals surface area (Å²) in [5.41, 5.74) is 2.11. The SMILES string of the molecule is CCOC(=O)COc1c(Br)cc(/C=C(\C#N)C(=O)Nc2ccc(C)cc2)cc1OC. The molecule has 0 bridgehead atoms. The highest BCUT2D eigenvalue weighted by Crippen LogP contribution is 2.37. The first-order valence-corrected chi connectivity index (χ1v) is 9.83. The Morgan fingerprint density at radius 1 is 1.23 bits per heavy atom. The number of hydrogen-bond acceptors (Lipinski definition) is 6. The first kappa shape index (κ1) is 23.0. The van der Waals surface area contributed by atoms with E-state index in [1.165, 1.54) is 13.2 Å². The van der Waals surface area contributed by atoms with Gasteiger partial charge in [-0.1, -0.05) is 17.7 Å². The number of esters is 1. The zero-order chi connectivity index (χ0) is 22.1. The minimum atomic E-state index is -0.529. The van der Waals surface area contributed by atoms with E-state index in [0.717, 1.165) is 5.56 Å². The number of nitrogens with zero attached hydrogens (tertiary/aromatic N) is 1. The highest BCUT2D eigenvalue weighted by Gasteiger charge is 2.15. The van der Waals surface area contributed by atoms with E-state index in [-0.39, 0.29) is 18.8 Å². The van der Waals surface area contributed by atoms with Crippen molar-refractivity contribution >= 4 is 39.6 Å². The van der Waals surface area contributed by atoms with Crippen LogP contribution in [0.5, 0.6) is 11.5 Å². The molecule has 0 aliphatic carbocycles. The summed E-state index contributed by atoms with van der Waals surface area (Å²) in [4.78, 5) is 24.0. The van der Waals surface area contributed by atoms with Crippen molar-refractivity contribution in [2.24, 2.45) is 0 Å². The maximum absolute atomic E-state index is 12.5. The molecule has 1 amide bonds. The molecule has 0 saturated carbocycles. The Bertz CT molecular complexity index is 994. The topological polar surface area (TPSA) is 97.7 Å². The van der Waals surface area contributed by atoms with Crippen molar-refractivity contribution in [3.63, 3.8) is 0 Å². The van der Waals surface area contributed by atoms with Crippen LogP contribution in [0.4, 0.5) is 5.69 Å². The molecule has 0 heterocycles. The van der Waals surface area contributed by atoms with E-state index >= 15 is 0 Å². The molecule has 1 N–H and O–H groups in total. The summed E-state index contributed by atoms with van der Waals surface area (Å²) < 4.78 is 16.1. The fourth-order valence-corrected chi connectivity index (χ4v) is 3.02. The first-order valence-electron chi connectivity index (χ1n) is 9.03. The van der Waals surface area contributed by atoms with Gasteiger partial charge in [0.2, 0.25) is 0 Å². The van der Waals surface area contributed by atoms with Crippen LogP contribution in [0.25, 0.3) is 6.08 Å². The summed E-state index contributed by atoms with van der Waals surface area (Å²) in [5.74, 6) is -0.393. The first-order chi connectivity index (χ1) is 14.4. The van der Waals surface area contributed by atoms with Crippen LogP contribution in [-0.4, -0.2) is 32.2 Å². The number of nitriles is 1. The number of carbonyl (C=O) groups is 2. The van der Waals surface area contributed by atoms with Crippen LogP contribution < -0.4 is 14.8 Å². The summed E-state index contributed by atoms with van der Waals surface area (Å²) in [5, 5.41) is 12.1. The number of rotatable bonds is 8. The minimum Gasteiger partial charge on any atom is -0.493 e. The van der Waals surface area contributed by atoms with Crippen LogP contribution in [-0.2, 0) is 14.3 Å². The van der Waals surface area contributed by atoms with Gasteiger partial charge in [0.15, 0.2) is 18.1 Å².